The number of piperidine rings is 1. The van der Waals surface area contributed by atoms with Crippen LogP contribution >= 0.6 is 0 Å². The van der Waals surface area contributed by atoms with Gasteiger partial charge in [-0.15, -0.1) is 0 Å². The zero-order chi connectivity index (χ0) is 22.8. The molecule has 0 unspecified atom stereocenters. The van der Waals surface area contributed by atoms with Crippen molar-refractivity contribution < 1.29 is 29.2 Å². The van der Waals surface area contributed by atoms with Crippen molar-refractivity contribution >= 4 is 5.97 Å². The van der Waals surface area contributed by atoms with E-state index < -0.39 is 23.2 Å². The highest BCUT2D eigenvalue weighted by Crippen LogP contribution is 2.79. The van der Waals surface area contributed by atoms with E-state index in [0.717, 1.165) is 32.4 Å². The van der Waals surface area contributed by atoms with Gasteiger partial charge >= 0.3 is 5.97 Å². The average Bonchev–Trinajstić information content (AvgIpc) is 3.15. The summed E-state index contributed by atoms with van der Waals surface area (Å²) in [5.74, 6) is -0.160. The first-order valence-electron chi connectivity index (χ1n) is 12.6. The number of hydrogen-bond donors (Lipinski definition) is 2. The zero-order valence-electron chi connectivity index (χ0n) is 20.0. The topological polar surface area (TPSA) is 88.5 Å². The van der Waals surface area contributed by atoms with Crippen molar-refractivity contribution in [1.82, 2.24) is 4.90 Å². The van der Waals surface area contributed by atoms with Gasteiger partial charge in [0.25, 0.3) is 0 Å². The zero-order valence-corrected chi connectivity index (χ0v) is 20.0. The third-order valence-corrected chi connectivity index (χ3v) is 11.3. The Morgan fingerprint density at radius 1 is 1.22 bits per heavy atom. The van der Waals surface area contributed by atoms with Crippen molar-refractivity contribution in [2.45, 2.75) is 82.5 Å². The average molecular weight is 450 g/mol. The number of fused-ring (bicyclic) bond motifs is 2. The lowest BCUT2D eigenvalue weighted by atomic mass is 9.43. The highest BCUT2D eigenvalue weighted by atomic mass is 16.6. The Balaban J connectivity index is 1.65. The van der Waals surface area contributed by atoms with Gasteiger partial charge in [-0.2, -0.15) is 0 Å². The predicted molar refractivity (Wildman–Crippen MR) is 116 cm³/mol. The molecule has 1 saturated heterocycles. The molecule has 13 atom stereocenters. The summed E-state index contributed by atoms with van der Waals surface area (Å²) >= 11 is 0. The van der Waals surface area contributed by atoms with Gasteiger partial charge < -0.3 is 24.4 Å². The number of aliphatic hydroxyl groups is 2. The number of hydrogen-bond acceptors (Lipinski definition) is 7. The second-order valence-corrected chi connectivity index (χ2v) is 12.0. The number of methoxy groups -OCH3 is 2. The maximum Gasteiger partial charge on any atom is 0.302 e. The van der Waals surface area contributed by atoms with Gasteiger partial charge in [-0.3, -0.25) is 9.69 Å². The summed E-state index contributed by atoms with van der Waals surface area (Å²) in [5.41, 5.74) is -1.07. The number of carbonyl (C=O) groups excluding carboxylic acids is 1. The molecule has 1 heterocycles. The van der Waals surface area contributed by atoms with E-state index in [0.29, 0.717) is 6.42 Å². The van der Waals surface area contributed by atoms with E-state index >= 15 is 0 Å². The number of nitrogens with zero attached hydrogens (tertiary/aromatic N) is 1. The van der Waals surface area contributed by atoms with Crippen LogP contribution in [0.1, 0.15) is 46.5 Å². The van der Waals surface area contributed by atoms with Crippen LogP contribution in [0, 0.1) is 40.4 Å². The molecule has 6 aliphatic rings. The summed E-state index contributed by atoms with van der Waals surface area (Å²) in [6.07, 6.45) is 1.85. The number of carbonyl (C=O) groups is 1. The smallest absolute Gasteiger partial charge is 0.302 e. The van der Waals surface area contributed by atoms with Crippen LogP contribution in [-0.4, -0.2) is 84.5 Å². The number of aliphatic hydroxyl groups excluding tert-OH is 2. The molecule has 180 valence electrons. The highest BCUT2D eigenvalue weighted by Gasteiger charge is 2.86. The molecule has 5 saturated carbocycles. The fourth-order valence-corrected chi connectivity index (χ4v) is 10.8. The van der Waals surface area contributed by atoms with E-state index in [2.05, 4.69) is 18.7 Å². The van der Waals surface area contributed by atoms with Crippen LogP contribution in [0.15, 0.2) is 0 Å². The second-order valence-electron chi connectivity index (χ2n) is 12.0. The van der Waals surface area contributed by atoms with Gasteiger partial charge in [-0.05, 0) is 37.1 Å². The molecular weight excluding hydrogens is 410 g/mol. The summed E-state index contributed by atoms with van der Waals surface area (Å²) in [6, 6.07) is 0.0768. The molecule has 0 radical (unpaired) electrons. The summed E-state index contributed by atoms with van der Waals surface area (Å²) in [5, 5.41) is 23.5. The molecule has 0 amide bonds. The monoisotopic (exact) mass is 449 g/mol. The first-order chi connectivity index (χ1) is 15.2. The normalized spacial score (nSPS) is 59.8. The number of ether oxygens (including phenoxy) is 3. The van der Waals surface area contributed by atoms with Crippen molar-refractivity contribution in [2.75, 3.05) is 27.3 Å². The molecule has 7 heteroatoms. The van der Waals surface area contributed by atoms with Gasteiger partial charge in [0.1, 0.15) is 6.10 Å². The largest absolute Gasteiger partial charge is 0.462 e. The van der Waals surface area contributed by atoms with Crippen LogP contribution < -0.4 is 0 Å². The van der Waals surface area contributed by atoms with E-state index in [1.165, 1.54) is 6.92 Å². The maximum atomic E-state index is 12.4. The molecule has 32 heavy (non-hydrogen) atoms. The molecule has 7 bridgehead atoms. The lowest BCUT2D eigenvalue weighted by Gasteiger charge is -2.68. The van der Waals surface area contributed by atoms with E-state index in [9.17, 15) is 15.0 Å². The molecule has 0 aromatic heterocycles. The maximum absolute atomic E-state index is 12.4. The van der Waals surface area contributed by atoms with E-state index in [1.807, 2.05) is 0 Å². The lowest BCUT2D eigenvalue weighted by molar-refractivity contribution is -0.273. The van der Waals surface area contributed by atoms with E-state index in [-0.39, 0.29) is 59.2 Å². The first-order valence-corrected chi connectivity index (χ1v) is 12.6. The van der Waals surface area contributed by atoms with Crippen LogP contribution in [0.4, 0.5) is 0 Å². The summed E-state index contributed by atoms with van der Waals surface area (Å²) in [4.78, 5) is 15.0. The number of rotatable bonds is 4. The van der Waals surface area contributed by atoms with Gasteiger partial charge in [0.05, 0.1) is 23.9 Å². The number of likely N-dealkylation sites (tertiary alicyclic amines) is 1. The third kappa shape index (κ3) is 2.15. The van der Waals surface area contributed by atoms with Crippen molar-refractivity contribution in [3.63, 3.8) is 0 Å². The molecule has 5 aliphatic carbocycles. The molecule has 1 spiro atoms. The molecule has 0 aromatic carbocycles. The standard InChI is InChI=1S/C25H39NO6/c1-6-26-11-23(3)8-7-16(28)25-14-9-13-15(30-4)10-24(31-5,17(14)19(13)29)18(22(25)26)20(21(23)25)32-12(2)27/h13-22,28-29H,6-11H2,1-5H3/t13-,14+,15-,16-,17+,18+,19-,20+,21+,22+,23-,24+,25-/m0/s1. The Kier molecular flexibility index (Phi) is 4.55. The molecular formula is C25H39NO6. The number of esters is 1. The summed E-state index contributed by atoms with van der Waals surface area (Å²) in [7, 11) is 3.49. The van der Waals surface area contributed by atoms with Crippen LogP contribution in [0.2, 0.25) is 0 Å². The minimum Gasteiger partial charge on any atom is -0.462 e. The Morgan fingerprint density at radius 3 is 2.59 bits per heavy atom. The minimum absolute atomic E-state index is 0.0438. The Bertz CT molecular complexity index is 822. The lowest BCUT2D eigenvalue weighted by Crippen LogP contribution is -2.75. The van der Waals surface area contributed by atoms with Gasteiger partial charge in [0.15, 0.2) is 0 Å². The SMILES string of the molecule is CCN1C[C@]2(C)CC[C@H](O)[C@@]34[C@@H]5C[C@@H]6[C@H](O)[C@@H]5[C@](OC)(C[C@@H]6OC)[C@H]([C@@H](OC(C)=O)[C@H]23)[C@@H]14. The van der Waals surface area contributed by atoms with Gasteiger partial charge in [0, 0.05) is 69.2 Å². The Morgan fingerprint density at radius 2 is 1.97 bits per heavy atom. The fourth-order valence-electron chi connectivity index (χ4n) is 10.8. The van der Waals surface area contributed by atoms with Crippen LogP contribution in [-0.2, 0) is 19.0 Å². The van der Waals surface area contributed by atoms with Crippen LogP contribution in [0.5, 0.6) is 0 Å². The van der Waals surface area contributed by atoms with E-state index in [1.54, 1.807) is 14.2 Å². The quantitative estimate of drug-likeness (QED) is 0.628. The highest BCUT2D eigenvalue weighted by molar-refractivity contribution is 5.66. The molecule has 0 aromatic rings. The minimum atomic E-state index is -0.635. The van der Waals surface area contributed by atoms with Gasteiger partial charge in [0.2, 0.25) is 0 Å². The van der Waals surface area contributed by atoms with Gasteiger partial charge in [-0.1, -0.05) is 13.8 Å². The molecule has 2 N–H and O–H groups in total. The Hall–Kier alpha value is -0.730. The fraction of sp³-hybridized carbons (Fsp3) is 0.960. The van der Waals surface area contributed by atoms with Crippen molar-refractivity contribution in [2.24, 2.45) is 40.4 Å². The molecule has 6 fully saturated rings. The van der Waals surface area contributed by atoms with Gasteiger partial charge in [-0.25, -0.2) is 0 Å². The summed E-state index contributed by atoms with van der Waals surface area (Å²) in [6.45, 7) is 7.89. The van der Waals surface area contributed by atoms with E-state index in [4.69, 9.17) is 14.2 Å². The van der Waals surface area contributed by atoms with Crippen LogP contribution in [0.25, 0.3) is 0 Å². The molecule has 7 nitrogen and oxygen atoms in total. The molecule has 1 aliphatic heterocycles. The van der Waals surface area contributed by atoms with Crippen molar-refractivity contribution in [1.29, 1.82) is 0 Å². The molecule has 6 rings (SSSR count). The van der Waals surface area contributed by atoms with Crippen molar-refractivity contribution in [3.8, 4) is 0 Å². The first kappa shape index (κ1) is 21.8. The third-order valence-electron chi connectivity index (χ3n) is 11.3. The van der Waals surface area contributed by atoms with Crippen LogP contribution in [0.3, 0.4) is 0 Å². The summed E-state index contributed by atoms with van der Waals surface area (Å²) < 4.78 is 18.7. The Labute approximate surface area is 190 Å². The van der Waals surface area contributed by atoms with Crippen molar-refractivity contribution in [3.05, 3.63) is 0 Å². The predicted octanol–water partition coefficient (Wildman–Crippen LogP) is 1.45. The second kappa shape index (κ2) is 6.69.